The lowest BCUT2D eigenvalue weighted by molar-refractivity contribution is 1.06. The Hall–Kier alpha value is -0.565. The van der Waals surface area contributed by atoms with Gasteiger partial charge in [-0.3, -0.25) is 0 Å². The Bertz CT molecular complexity index is 226. The molecule has 0 saturated carbocycles. The number of halogens is 1. The van der Waals surface area contributed by atoms with Crippen LogP contribution in [-0.2, 0) is 0 Å². The van der Waals surface area contributed by atoms with E-state index in [1.54, 1.807) is 6.20 Å². The summed E-state index contributed by atoms with van der Waals surface area (Å²) in [5.74, 6) is 0.714. The Morgan fingerprint density at radius 3 is 2.78 bits per heavy atom. The second-order valence-electron chi connectivity index (χ2n) is 1.89. The summed E-state index contributed by atoms with van der Waals surface area (Å²) in [4.78, 5) is 7.87. The zero-order valence-electron chi connectivity index (χ0n) is 5.35. The molecule has 0 radical (unpaired) electrons. The summed E-state index contributed by atoms with van der Waals surface area (Å²) in [6.07, 6.45) is 1.71. The molecule has 0 bridgehead atoms. The summed E-state index contributed by atoms with van der Waals surface area (Å²) in [6, 6.07) is 0. The molecule has 4 heteroatoms. The van der Waals surface area contributed by atoms with Crippen molar-refractivity contribution in [2.24, 2.45) is 0 Å². The average Bonchev–Trinajstić information content (AvgIpc) is 1.80. The summed E-state index contributed by atoms with van der Waals surface area (Å²) in [5, 5.41) is 0.544. The zero-order valence-corrected chi connectivity index (χ0v) is 6.11. The molecule has 2 nitrogen and oxygen atoms in total. The fourth-order valence-electron chi connectivity index (χ4n) is 0.503. The minimum absolute atomic E-state index is 0.544. The SMILES string of the molecule is Bc1cnc(C)nc1Cl. The number of hydrogen-bond acceptors (Lipinski definition) is 2. The molecule has 0 aromatic carbocycles. The highest BCUT2D eigenvalue weighted by atomic mass is 35.5. The van der Waals surface area contributed by atoms with Crippen molar-refractivity contribution in [2.75, 3.05) is 0 Å². The number of rotatable bonds is 0. The van der Waals surface area contributed by atoms with Gasteiger partial charge in [0, 0.05) is 6.20 Å². The quantitative estimate of drug-likeness (QED) is 0.365. The molecule has 0 aliphatic carbocycles. The van der Waals surface area contributed by atoms with Crippen molar-refractivity contribution >= 4 is 24.9 Å². The maximum atomic E-state index is 5.66. The normalized spacial score (nSPS) is 9.56. The van der Waals surface area contributed by atoms with Crippen molar-refractivity contribution in [1.82, 2.24) is 9.97 Å². The highest BCUT2D eigenvalue weighted by Gasteiger charge is 1.94. The second-order valence-corrected chi connectivity index (χ2v) is 2.25. The Morgan fingerprint density at radius 1 is 1.67 bits per heavy atom. The van der Waals surface area contributed by atoms with Crippen LogP contribution >= 0.6 is 11.6 Å². The van der Waals surface area contributed by atoms with Crippen LogP contribution in [0.5, 0.6) is 0 Å². The number of nitrogens with zero attached hydrogens (tertiary/aromatic N) is 2. The second kappa shape index (κ2) is 2.35. The molecule has 0 N–H and O–H groups in total. The third kappa shape index (κ3) is 1.42. The lowest BCUT2D eigenvalue weighted by Crippen LogP contribution is -2.08. The molecule has 1 aromatic heterocycles. The van der Waals surface area contributed by atoms with Crippen LogP contribution in [0.25, 0.3) is 0 Å². The molecule has 0 aliphatic heterocycles. The largest absolute Gasteiger partial charge is 0.242 e. The first-order valence-corrected chi connectivity index (χ1v) is 3.03. The fourth-order valence-corrected chi connectivity index (χ4v) is 0.674. The molecule has 0 amide bonds. The van der Waals surface area contributed by atoms with Crippen LogP contribution in [0, 0.1) is 6.92 Å². The fraction of sp³-hybridized carbons (Fsp3) is 0.200. The van der Waals surface area contributed by atoms with Gasteiger partial charge in [0.1, 0.15) is 18.8 Å². The predicted molar refractivity (Wildman–Crippen MR) is 40.0 cm³/mol. The first-order chi connectivity index (χ1) is 4.20. The van der Waals surface area contributed by atoms with E-state index in [1.807, 2.05) is 14.8 Å². The Labute approximate surface area is 59.7 Å². The standard InChI is InChI=1S/C5H6BClN2/c1-3-8-2-4(6)5(7)9-3/h2H,6H2,1H3. The van der Waals surface area contributed by atoms with Crippen LogP contribution in [0.2, 0.25) is 5.15 Å². The summed E-state index contributed by atoms with van der Waals surface area (Å²) >= 11 is 5.66. The van der Waals surface area contributed by atoms with Gasteiger partial charge < -0.3 is 0 Å². The van der Waals surface area contributed by atoms with Crippen LogP contribution in [0.3, 0.4) is 0 Å². The molecule has 0 atom stereocenters. The van der Waals surface area contributed by atoms with E-state index in [9.17, 15) is 0 Å². The van der Waals surface area contributed by atoms with Crippen LogP contribution in [0.15, 0.2) is 6.20 Å². The summed E-state index contributed by atoms with van der Waals surface area (Å²) in [6.45, 7) is 1.81. The summed E-state index contributed by atoms with van der Waals surface area (Å²) in [7, 11) is 1.88. The van der Waals surface area contributed by atoms with Crippen molar-refractivity contribution in [3.8, 4) is 0 Å². The van der Waals surface area contributed by atoms with Gasteiger partial charge in [-0.25, -0.2) is 9.97 Å². The molecule has 0 fully saturated rings. The lowest BCUT2D eigenvalue weighted by Gasteiger charge is -1.94. The van der Waals surface area contributed by atoms with Gasteiger partial charge in [-0.05, 0) is 12.4 Å². The molecule has 9 heavy (non-hydrogen) atoms. The Kier molecular flexibility index (Phi) is 1.71. The molecule has 1 aromatic rings. The maximum absolute atomic E-state index is 5.66. The number of aryl methyl sites for hydroxylation is 1. The maximum Gasteiger partial charge on any atom is 0.145 e. The van der Waals surface area contributed by atoms with Crippen molar-refractivity contribution in [2.45, 2.75) is 6.92 Å². The van der Waals surface area contributed by atoms with Gasteiger partial charge in [0.25, 0.3) is 0 Å². The summed E-state index contributed by atoms with van der Waals surface area (Å²) in [5.41, 5.74) is 0.919. The van der Waals surface area contributed by atoms with E-state index in [-0.39, 0.29) is 0 Å². The lowest BCUT2D eigenvalue weighted by atomic mass is 10.0. The Balaban J connectivity index is 3.17. The van der Waals surface area contributed by atoms with Gasteiger partial charge in [0.2, 0.25) is 0 Å². The van der Waals surface area contributed by atoms with Gasteiger partial charge in [0.15, 0.2) is 0 Å². The van der Waals surface area contributed by atoms with E-state index in [2.05, 4.69) is 9.97 Å². The third-order valence-electron chi connectivity index (χ3n) is 1.03. The highest BCUT2D eigenvalue weighted by Crippen LogP contribution is 1.96. The molecule has 0 spiro atoms. The van der Waals surface area contributed by atoms with Gasteiger partial charge in [0.05, 0.1) is 0 Å². The van der Waals surface area contributed by atoms with Crippen molar-refractivity contribution in [1.29, 1.82) is 0 Å². The van der Waals surface area contributed by atoms with Gasteiger partial charge >= 0.3 is 0 Å². The van der Waals surface area contributed by atoms with Crippen molar-refractivity contribution in [3.05, 3.63) is 17.2 Å². The molecule has 0 aliphatic rings. The van der Waals surface area contributed by atoms with Crippen LogP contribution in [0.1, 0.15) is 5.82 Å². The van der Waals surface area contributed by atoms with Crippen molar-refractivity contribution < 1.29 is 0 Å². The van der Waals surface area contributed by atoms with Gasteiger partial charge in [-0.1, -0.05) is 11.6 Å². The van der Waals surface area contributed by atoms with Crippen LogP contribution < -0.4 is 5.46 Å². The van der Waals surface area contributed by atoms with E-state index in [1.165, 1.54) is 0 Å². The molecular weight excluding hydrogens is 134 g/mol. The molecule has 1 heterocycles. The van der Waals surface area contributed by atoms with E-state index >= 15 is 0 Å². The van der Waals surface area contributed by atoms with Crippen molar-refractivity contribution in [3.63, 3.8) is 0 Å². The molecule has 0 unspecified atom stereocenters. The van der Waals surface area contributed by atoms with Gasteiger partial charge in [-0.2, -0.15) is 0 Å². The molecule has 1 rings (SSSR count). The smallest absolute Gasteiger partial charge is 0.145 e. The first kappa shape index (κ1) is 6.55. The number of hydrogen-bond donors (Lipinski definition) is 0. The van der Waals surface area contributed by atoms with E-state index in [0.29, 0.717) is 11.0 Å². The minimum Gasteiger partial charge on any atom is -0.242 e. The van der Waals surface area contributed by atoms with E-state index < -0.39 is 0 Å². The number of aromatic nitrogens is 2. The minimum atomic E-state index is 0.544. The third-order valence-corrected chi connectivity index (χ3v) is 1.41. The first-order valence-electron chi connectivity index (χ1n) is 2.66. The predicted octanol–water partition coefficient (Wildman–Crippen LogP) is -0.303. The zero-order chi connectivity index (χ0) is 6.85. The highest BCUT2D eigenvalue weighted by molar-refractivity contribution is 6.43. The van der Waals surface area contributed by atoms with E-state index in [4.69, 9.17) is 11.6 Å². The monoisotopic (exact) mass is 140 g/mol. The summed E-state index contributed by atoms with van der Waals surface area (Å²) < 4.78 is 0. The molecule has 46 valence electrons. The van der Waals surface area contributed by atoms with Crippen LogP contribution in [-0.4, -0.2) is 17.8 Å². The van der Waals surface area contributed by atoms with Gasteiger partial charge in [-0.15, -0.1) is 0 Å². The Morgan fingerprint density at radius 2 is 2.33 bits per heavy atom. The average molecular weight is 140 g/mol. The van der Waals surface area contributed by atoms with E-state index in [0.717, 1.165) is 5.46 Å². The topological polar surface area (TPSA) is 25.8 Å². The molecular formula is C5H6BClN2. The molecule has 0 saturated heterocycles. The van der Waals surface area contributed by atoms with Crippen LogP contribution in [0.4, 0.5) is 0 Å².